The molecule has 0 saturated carbocycles. The topological polar surface area (TPSA) is 54.4 Å². The largest absolute Gasteiger partial charge is 0.286 e. The van der Waals surface area contributed by atoms with E-state index in [1.54, 1.807) is 0 Å². The van der Waals surface area contributed by atoms with Crippen LogP contribution in [0.5, 0.6) is 0 Å². The molecule has 20 heavy (non-hydrogen) atoms. The van der Waals surface area contributed by atoms with Crippen molar-refractivity contribution in [3.05, 3.63) is 35.4 Å². The fraction of sp³-hybridized carbons (Fsp3) is 0.625. The van der Waals surface area contributed by atoms with Crippen LogP contribution in [0.2, 0.25) is 0 Å². The van der Waals surface area contributed by atoms with Gasteiger partial charge in [-0.15, -0.1) is 0 Å². The Hall–Kier alpha value is -0.870. The van der Waals surface area contributed by atoms with Gasteiger partial charge in [0.15, 0.2) is 0 Å². The van der Waals surface area contributed by atoms with Gasteiger partial charge in [-0.2, -0.15) is 8.42 Å². The van der Waals surface area contributed by atoms with E-state index in [9.17, 15) is 8.42 Å². The number of benzene rings is 1. The molecule has 0 bridgehead atoms. The number of hydrogen-bond donors (Lipinski definition) is 1. The predicted octanol–water partition coefficient (Wildman–Crippen LogP) is 4.02. The summed E-state index contributed by atoms with van der Waals surface area (Å²) < 4.78 is 30.1. The molecular weight excluding hydrogens is 272 g/mol. The van der Waals surface area contributed by atoms with Gasteiger partial charge in [-0.25, -0.2) is 0 Å². The van der Waals surface area contributed by atoms with E-state index in [2.05, 4.69) is 19.1 Å². The van der Waals surface area contributed by atoms with Gasteiger partial charge in [0.25, 0.3) is 10.1 Å². The van der Waals surface area contributed by atoms with E-state index in [4.69, 9.17) is 4.55 Å². The Labute approximate surface area is 123 Å². The third-order valence-corrected chi connectivity index (χ3v) is 4.21. The first-order chi connectivity index (χ1) is 9.51. The second-order valence-corrected chi connectivity index (χ2v) is 6.94. The SMILES string of the molecule is CCCCCCCCc1ccc(CCS(=O)(=O)O)cc1. The molecule has 1 aromatic rings. The van der Waals surface area contributed by atoms with Gasteiger partial charge in [0.1, 0.15) is 0 Å². The zero-order valence-electron chi connectivity index (χ0n) is 12.3. The zero-order chi connectivity index (χ0) is 14.8. The number of hydrogen-bond acceptors (Lipinski definition) is 2. The van der Waals surface area contributed by atoms with Crippen LogP contribution in [0, 0.1) is 0 Å². The fourth-order valence-corrected chi connectivity index (χ4v) is 2.72. The average Bonchev–Trinajstić information content (AvgIpc) is 2.41. The van der Waals surface area contributed by atoms with Crippen molar-refractivity contribution >= 4 is 10.1 Å². The summed E-state index contributed by atoms with van der Waals surface area (Å²) >= 11 is 0. The van der Waals surface area contributed by atoms with Gasteiger partial charge in [0.05, 0.1) is 5.75 Å². The molecule has 0 heterocycles. The van der Waals surface area contributed by atoms with Crippen LogP contribution < -0.4 is 0 Å². The van der Waals surface area contributed by atoms with Crippen LogP contribution in [0.1, 0.15) is 56.6 Å². The highest BCUT2D eigenvalue weighted by Crippen LogP contribution is 2.11. The van der Waals surface area contributed by atoms with Crippen molar-refractivity contribution in [3.8, 4) is 0 Å². The quantitative estimate of drug-likeness (QED) is 0.524. The summed E-state index contributed by atoms with van der Waals surface area (Å²) in [4.78, 5) is 0. The lowest BCUT2D eigenvalue weighted by atomic mass is 10.0. The molecule has 114 valence electrons. The van der Waals surface area contributed by atoms with Gasteiger partial charge in [0, 0.05) is 0 Å². The lowest BCUT2D eigenvalue weighted by Crippen LogP contribution is -2.06. The Morgan fingerprint density at radius 1 is 0.850 bits per heavy atom. The lowest BCUT2D eigenvalue weighted by Gasteiger charge is -2.04. The van der Waals surface area contributed by atoms with E-state index >= 15 is 0 Å². The van der Waals surface area contributed by atoms with Crippen LogP contribution >= 0.6 is 0 Å². The molecule has 1 aromatic carbocycles. The highest BCUT2D eigenvalue weighted by molar-refractivity contribution is 7.85. The average molecular weight is 298 g/mol. The van der Waals surface area contributed by atoms with Crippen molar-refractivity contribution in [2.75, 3.05) is 5.75 Å². The Kier molecular flexibility index (Phi) is 7.85. The zero-order valence-corrected chi connectivity index (χ0v) is 13.2. The molecule has 0 aliphatic carbocycles. The van der Waals surface area contributed by atoms with Crippen LogP contribution in [-0.4, -0.2) is 18.7 Å². The maximum atomic E-state index is 10.7. The molecule has 0 spiro atoms. The van der Waals surface area contributed by atoms with Crippen LogP contribution in [0.25, 0.3) is 0 Å². The minimum atomic E-state index is -3.86. The normalized spacial score (nSPS) is 11.7. The summed E-state index contributed by atoms with van der Waals surface area (Å²) in [5.41, 5.74) is 2.26. The molecule has 1 N–H and O–H groups in total. The van der Waals surface area contributed by atoms with Gasteiger partial charge in [-0.1, -0.05) is 63.3 Å². The molecule has 4 heteroatoms. The minimum Gasteiger partial charge on any atom is -0.286 e. The van der Waals surface area contributed by atoms with Gasteiger partial charge < -0.3 is 0 Å². The van der Waals surface area contributed by atoms with Crippen molar-refractivity contribution in [2.24, 2.45) is 0 Å². The maximum Gasteiger partial charge on any atom is 0.265 e. The maximum absolute atomic E-state index is 10.7. The first-order valence-corrected chi connectivity index (χ1v) is 9.15. The van der Waals surface area contributed by atoms with Gasteiger partial charge in [0.2, 0.25) is 0 Å². The molecule has 0 amide bonds. The Morgan fingerprint density at radius 3 is 1.90 bits per heavy atom. The van der Waals surface area contributed by atoms with E-state index in [1.165, 1.54) is 44.1 Å². The van der Waals surface area contributed by atoms with E-state index in [0.29, 0.717) is 6.42 Å². The minimum absolute atomic E-state index is 0.205. The summed E-state index contributed by atoms with van der Waals surface area (Å²) in [6.45, 7) is 2.23. The number of rotatable bonds is 10. The molecule has 0 radical (unpaired) electrons. The second-order valence-electron chi connectivity index (χ2n) is 5.37. The highest BCUT2D eigenvalue weighted by Gasteiger charge is 2.04. The van der Waals surface area contributed by atoms with Crippen molar-refractivity contribution in [3.63, 3.8) is 0 Å². The number of aryl methyl sites for hydroxylation is 2. The van der Waals surface area contributed by atoms with E-state index in [-0.39, 0.29) is 5.75 Å². The van der Waals surface area contributed by atoms with Crippen molar-refractivity contribution in [1.82, 2.24) is 0 Å². The molecule has 0 aliphatic heterocycles. The molecule has 0 aliphatic rings. The van der Waals surface area contributed by atoms with Gasteiger partial charge in [-0.3, -0.25) is 4.55 Å². The highest BCUT2D eigenvalue weighted by atomic mass is 32.2. The summed E-state index contributed by atoms with van der Waals surface area (Å²) in [7, 11) is -3.86. The summed E-state index contributed by atoms with van der Waals surface area (Å²) in [5, 5.41) is 0. The molecule has 0 atom stereocenters. The molecule has 0 saturated heterocycles. The van der Waals surface area contributed by atoms with Crippen molar-refractivity contribution in [2.45, 2.75) is 58.3 Å². The van der Waals surface area contributed by atoms with Crippen LogP contribution in [0.15, 0.2) is 24.3 Å². The van der Waals surface area contributed by atoms with E-state index in [0.717, 1.165) is 12.0 Å². The Balaban J connectivity index is 2.25. The smallest absolute Gasteiger partial charge is 0.265 e. The monoisotopic (exact) mass is 298 g/mol. The third kappa shape index (κ3) is 8.33. The number of unbranched alkanes of at least 4 members (excludes halogenated alkanes) is 5. The lowest BCUT2D eigenvalue weighted by molar-refractivity contribution is 0.482. The second kappa shape index (κ2) is 9.14. The van der Waals surface area contributed by atoms with Crippen LogP contribution in [0.3, 0.4) is 0 Å². The molecule has 0 unspecified atom stereocenters. The molecule has 0 aromatic heterocycles. The molecule has 1 rings (SSSR count). The standard InChI is InChI=1S/C16H26O3S/c1-2-3-4-5-6-7-8-15-9-11-16(12-10-15)13-14-20(17,18)19/h9-12H,2-8,13-14H2,1H3,(H,17,18,19). The molecule has 0 fully saturated rings. The summed E-state index contributed by atoms with van der Waals surface area (Å²) in [5.74, 6) is -0.205. The summed E-state index contributed by atoms with van der Waals surface area (Å²) in [6, 6.07) is 8.03. The third-order valence-electron chi connectivity index (χ3n) is 3.49. The predicted molar refractivity (Wildman–Crippen MR) is 83.6 cm³/mol. The van der Waals surface area contributed by atoms with E-state index < -0.39 is 10.1 Å². The molecule has 3 nitrogen and oxygen atoms in total. The first-order valence-electron chi connectivity index (χ1n) is 7.54. The fourth-order valence-electron chi connectivity index (χ4n) is 2.23. The molecular formula is C16H26O3S. The van der Waals surface area contributed by atoms with Crippen molar-refractivity contribution < 1.29 is 13.0 Å². The van der Waals surface area contributed by atoms with Gasteiger partial charge >= 0.3 is 0 Å². The summed E-state index contributed by atoms with van der Waals surface area (Å²) in [6.07, 6.45) is 9.23. The van der Waals surface area contributed by atoms with Gasteiger partial charge in [-0.05, 0) is 30.4 Å². The Morgan fingerprint density at radius 2 is 1.35 bits per heavy atom. The van der Waals surface area contributed by atoms with Crippen LogP contribution in [0.4, 0.5) is 0 Å². The van der Waals surface area contributed by atoms with Crippen molar-refractivity contribution in [1.29, 1.82) is 0 Å². The van der Waals surface area contributed by atoms with E-state index in [1.807, 2.05) is 12.1 Å². The van der Waals surface area contributed by atoms with Crippen LogP contribution in [-0.2, 0) is 23.0 Å². The Bertz CT molecular complexity index is 463. The first kappa shape index (κ1) is 17.2.